The molecule has 0 amide bonds. The van der Waals surface area contributed by atoms with Crippen LogP contribution in [0, 0.1) is 0 Å². The molecule has 90 valence electrons. The van der Waals surface area contributed by atoms with Crippen molar-refractivity contribution in [3.8, 4) is 0 Å². The molecule has 0 saturated heterocycles. The van der Waals surface area contributed by atoms with E-state index in [0.717, 1.165) is 5.39 Å². The fourth-order valence-corrected chi connectivity index (χ4v) is 2.30. The van der Waals surface area contributed by atoms with Crippen LogP contribution in [0.5, 0.6) is 0 Å². The molecule has 18 heavy (non-hydrogen) atoms. The molecule has 4 nitrogen and oxygen atoms in total. The summed E-state index contributed by atoms with van der Waals surface area (Å²) in [5.74, 6) is 0. The molecular formula is C13H10ClN3O. The number of hydrogen-bond acceptors (Lipinski definition) is 3. The zero-order valence-electron chi connectivity index (χ0n) is 9.70. The van der Waals surface area contributed by atoms with Gasteiger partial charge in [0, 0.05) is 11.6 Å². The largest absolute Gasteiger partial charge is 0.318 e. The first kappa shape index (κ1) is 11.2. The summed E-state index contributed by atoms with van der Waals surface area (Å²) in [6.07, 6.45) is 2.26. The lowest BCUT2D eigenvalue weighted by molar-refractivity contribution is 0.997. The minimum atomic E-state index is -0.192. The second-order valence-electron chi connectivity index (χ2n) is 4.03. The van der Waals surface area contributed by atoms with Gasteiger partial charge in [0.1, 0.15) is 5.69 Å². The van der Waals surface area contributed by atoms with E-state index in [1.54, 1.807) is 6.20 Å². The second kappa shape index (κ2) is 4.07. The number of halogens is 1. The Morgan fingerprint density at radius 3 is 3.06 bits per heavy atom. The molecule has 2 aromatic heterocycles. The van der Waals surface area contributed by atoms with Crippen molar-refractivity contribution in [3.05, 3.63) is 45.5 Å². The van der Waals surface area contributed by atoms with E-state index in [9.17, 15) is 4.79 Å². The molecule has 0 aliphatic carbocycles. The molecule has 0 bridgehead atoms. The third-order valence-electron chi connectivity index (χ3n) is 2.91. The molecule has 2 heterocycles. The van der Waals surface area contributed by atoms with Crippen LogP contribution >= 0.6 is 11.6 Å². The zero-order valence-corrected chi connectivity index (χ0v) is 10.5. The Labute approximate surface area is 108 Å². The Morgan fingerprint density at radius 2 is 2.28 bits per heavy atom. The molecule has 0 aliphatic heterocycles. The maximum atomic E-state index is 11.8. The van der Waals surface area contributed by atoms with Crippen molar-refractivity contribution in [1.29, 1.82) is 0 Å². The van der Waals surface area contributed by atoms with E-state index in [1.807, 2.05) is 25.1 Å². The number of hydrogen-bond donors (Lipinski definition) is 1. The number of aromatic nitrogens is 3. The number of fused-ring (bicyclic) bond motifs is 2. The first-order valence-electron chi connectivity index (χ1n) is 5.67. The fourth-order valence-electron chi connectivity index (χ4n) is 2.00. The van der Waals surface area contributed by atoms with Crippen LogP contribution in [0.25, 0.3) is 21.9 Å². The number of nitrogens with one attached hydrogen (secondary N) is 1. The van der Waals surface area contributed by atoms with Crippen molar-refractivity contribution in [2.24, 2.45) is 0 Å². The van der Waals surface area contributed by atoms with Crippen LogP contribution in [0.4, 0.5) is 0 Å². The molecule has 3 rings (SSSR count). The molecule has 3 aromatic rings. The van der Waals surface area contributed by atoms with E-state index in [-0.39, 0.29) is 5.56 Å². The molecule has 5 heteroatoms. The molecular weight excluding hydrogens is 250 g/mol. The number of benzene rings is 1. The maximum absolute atomic E-state index is 11.8. The van der Waals surface area contributed by atoms with Gasteiger partial charge in [-0.1, -0.05) is 24.6 Å². The van der Waals surface area contributed by atoms with Gasteiger partial charge in [-0.15, -0.1) is 0 Å². The van der Waals surface area contributed by atoms with Gasteiger partial charge in [-0.25, -0.2) is 4.98 Å². The molecule has 0 spiro atoms. The quantitative estimate of drug-likeness (QED) is 0.684. The van der Waals surface area contributed by atoms with Crippen LogP contribution < -0.4 is 5.56 Å². The summed E-state index contributed by atoms with van der Waals surface area (Å²) in [6, 6.07) is 5.65. The molecule has 0 radical (unpaired) electrons. The molecule has 0 atom stereocenters. The highest BCUT2D eigenvalue weighted by molar-refractivity contribution is 6.39. The lowest BCUT2D eigenvalue weighted by Crippen LogP contribution is -2.14. The average Bonchev–Trinajstić information content (AvgIpc) is 2.39. The predicted octanol–water partition coefficient (Wildman–Crippen LogP) is 2.69. The summed E-state index contributed by atoms with van der Waals surface area (Å²) >= 11 is 6.27. The first-order chi connectivity index (χ1) is 8.70. The Kier molecular flexibility index (Phi) is 2.52. The minimum absolute atomic E-state index is 0.192. The minimum Gasteiger partial charge on any atom is -0.318 e. The Hall–Kier alpha value is -1.94. The van der Waals surface area contributed by atoms with Gasteiger partial charge in [0.05, 0.1) is 21.6 Å². The van der Waals surface area contributed by atoms with Crippen LogP contribution in [0.1, 0.15) is 12.6 Å². The molecule has 0 unspecified atom stereocenters. The lowest BCUT2D eigenvalue weighted by Gasteiger charge is -2.05. The number of nitrogens with zero attached hydrogens (tertiary/aromatic N) is 2. The van der Waals surface area contributed by atoms with Gasteiger partial charge in [-0.2, -0.15) is 0 Å². The van der Waals surface area contributed by atoms with Crippen molar-refractivity contribution < 1.29 is 0 Å². The highest BCUT2D eigenvalue weighted by atomic mass is 35.5. The number of aromatic amines is 1. The smallest absolute Gasteiger partial charge is 0.270 e. The van der Waals surface area contributed by atoms with E-state index in [2.05, 4.69) is 15.0 Å². The molecule has 0 fully saturated rings. The third-order valence-corrected chi connectivity index (χ3v) is 3.27. The van der Waals surface area contributed by atoms with Crippen molar-refractivity contribution >= 4 is 33.5 Å². The monoisotopic (exact) mass is 259 g/mol. The van der Waals surface area contributed by atoms with Crippen LogP contribution in [0.2, 0.25) is 5.02 Å². The Balaban J connectivity index is 2.52. The van der Waals surface area contributed by atoms with Crippen LogP contribution in [-0.2, 0) is 6.42 Å². The molecule has 1 aromatic carbocycles. The van der Waals surface area contributed by atoms with E-state index < -0.39 is 0 Å². The summed E-state index contributed by atoms with van der Waals surface area (Å²) < 4.78 is 0. The number of rotatable bonds is 1. The van der Waals surface area contributed by atoms with Crippen molar-refractivity contribution in [1.82, 2.24) is 15.0 Å². The third kappa shape index (κ3) is 1.57. The van der Waals surface area contributed by atoms with Crippen LogP contribution in [-0.4, -0.2) is 15.0 Å². The van der Waals surface area contributed by atoms with Gasteiger partial charge in [-0.05, 0) is 18.6 Å². The molecule has 0 saturated carbocycles. The lowest BCUT2D eigenvalue weighted by atomic mass is 10.2. The molecule has 0 aliphatic rings. The van der Waals surface area contributed by atoms with Crippen molar-refractivity contribution in [2.75, 3.05) is 0 Å². The molecule has 1 N–H and O–H groups in total. The summed E-state index contributed by atoms with van der Waals surface area (Å²) in [7, 11) is 0. The van der Waals surface area contributed by atoms with E-state index >= 15 is 0 Å². The fraction of sp³-hybridized carbons (Fsp3) is 0.154. The highest BCUT2D eigenvalue weighted by Crippen LogP contribution is 2.28. The van der Waals surface area contributed by atoms with Crippen molar-refractivity contribution in [3.63, 3.8) is 0 Å². The zero-order chi connectivity index (χ0) is 12.7. The summed E-state index contributed by atoms with van der Waals surface area (Å²) in [4.78, 5) is 23.1. The number of pyridine rings is 1. The van der Waals surface area contributed by atoms with Gasteiger partial charge < -0.3 is 4.98 Å². The summed E-state index contributed by atoms with van der Waals surface area (Å²) in [5.41, 5.74) is 2.24. The highest BCUT2D eigenvalue weighted by Gasteiger charge is 2.10. The van der Waals surface area contributed by atoms with Gasteiger partial charge in [0.15, 0.2) is 0 Å². The van der Waals surface area contributed by atoms with Gasteiger partial charge in [0.2, 0.25) is 0 Å². The maximum Gasteiger partial charge on any atom is 0.270 e. The van der Waals surface area contributed by atoms with Crippen LogP contribution in [0.15, 0.2) is 29.2 Å². The van der Waals surface area contributed by atoms with E-state index in [0.29, 0.717) is 33.7 Å². The first-order valence-corrected chi connectivity index (χ1v) is 6.04. The van der Waals surface area contributed by atoms with Gasteiger partial charge >= 0.3 is 0 Å². The standard InChI is InChI=1S/C13H10ClN3O/c1-2-8-13(18)17-12-9(16-8)6-7-4-3-5-15-11(7)10(12)14/h3-6H,2H2,1H3,(H,17,18). The second-order valence-corrected chi connectivity index (χ2v) is 4.40. The number of H-pyrrole nitrogens is 1. The summed E-state index contributed by atoms with van der Waals surface area (Å²) in [6.45, 7) is 1.90. The Morgan fingerprint density at radius 1 is 1.44 bits per heavy atom. The number of aryl methyl sites for hydroxylation is 1. The van der Waals surface area contributed by atoms with E-state index in [4.69, 9.17) is 11.6 Å². The van der Waals surface area contributed by atoms with Crippen molar-refractivity contribution in [2.45, 2.75) is 13.3 Å². The van der Waals surface area contributed by atoms with Crippen LogP contribution in [0.3, 0.4) is 0 Å². The van der Waals surface area contributed by atoms with Gasteiger partial charge in [-0.3, -0.25) is 9.78 Å². The van der Waals surface area contributed by atoms with Gasteiger partial charge in [0.25, 0.3) is 5.56 Å². The summed E-state index contributed by atoms with van der Waals surface area (Å²) in [5, 5.41) is 1.35. The SMILES string of the molecule is CCc1nc2cc3cccnc3c(Cl)c2[nH]c1=O. The topological polar surface area (TPSA) is 58.6 Å². The predicted molar refractivity (Wildman–Crippen MR) is 72.1 cm³/mol. The Bertz CT molecular complexity index is 810. The normalized spacial score (nSPS) is 11.2. The average molecular weight is 260 g/mol. The van der Waals surface area contributed by atoms with E-state index in [1.165, 1.54) is 0 Å².